The topological polar surface area (TPSA) is 86.9 Å². The summed E-state index contributed by atoms with van der Waals surface area (Å²) in [5, 5.41) is 20.3. The van der Waals surface area contributed by atoms with Gasteiger partial charge in [0, 0.05) is 6.04 Å². The summed E-state index contributed by atoms with van der Waals surface area (Å²) < 4.78 is 47.8. The van der Waals surface area contributed by atoms with Crippen molar-refractivity contribution in [1.29, 1.82) is 0 Å². The smallest absolute Gasteiger partial charge is 0.453 e. The van der Waals surface area contributed by atoms with E-state index in [-0.39, 0.29) is 11.7 Å². The molecule has 4 aromatic rings. The second kappa shape index (κ2) is 7.42. The molecule has 0 spiro atoms. The summed E-state index contributed by atoms with van der Waals surface area (Å²) in [6.45, 7) is 0. The maximum absolute atomic E-state index is 13.2. The van der Waals surface area contributed by atoms with Crippen molar-refractivity contribution in [2.45, 2.75) is 54.5 Å². The van der Waals surface area contributed by atoms with Gasteiger partial charge in [-0.05, 0) is 48.9 Å². The van der Waals surface area contributed by atoms with E-state index in [4.69, 9.17) is 4.42 Å². The molecule has 1 fully saturated rings. The van der Waals surface area contributed by atoms with Crippen LogP contribution in [0.5, 0.6) is 0 Å². The molecule has 0 aromatic carbocycles. The van der Waals surface area contributed by atoms with E-state index in [1.54, 1.807) is 18.4 Å². The molecule has 0 bridgehead atoms. The number of nitrogens with zero attached hydrogens (tertiary/aromatic N) is 7. The summed E-state index contributed by atoms with van der Waals surface area (Å²) in [4.78, 5) is 0. The molecule has 4 heterocycles. The first-order valence-corrected chi connectivity index (χ1v) is 10.3. The fourth-order valence-electron chi connectivity index (χ4n) is 3.69. The van der Waals surface area contributed by atoms with Crippen molar-refractivity contribution in [3.63, 3.8) is 0 Å². The Kier molecular flexibility index (Phi) is 4.72. The fourth-order valence-corrected chi connectivity index (χ4v) is 4.55. The van der Waals surface area contributed by atoms with Gasteiger partial charge in [-0.15, -0.1) is 20.4 Å². The zero-order chi connectivity index (χ0) is 20.7. The van der Waals surface area contributed by atoms with Crippen LogP contribution in [0.2, 0.25) is 0 Å². The molecule has 0 unspecified atom stereocenters. The summed E-state index contributed by atoms with van der Waals surface area (Å²) >= 11 is 1.16. The molecule has 4 aromatic heterocycles. The van der Waals surface area contributed by atoms with E-state index < -0.39 is 12.0 Å². The Bertz CT molecular complexity index is 1160. The normalized spacial score (nSPS) is 15.8. The number of hydrogen-bond donors (Lipinski definition) is 0. The van der Waals surface area contributed by atoms with Crippen LogP contribution in [-0.4, -0.2) is 34.6 Å². The third-order valence-corrected chi connectivity index (χ3v) is 5.92. The second-order valence-corrected chi connectivity index (χ2v) is 8.00. The molecule has 0 atom stereocenters. The van der Waals surface area contributed by atoms with E-state index in [1.165, 1.54) is 12.5 Å². The summed E-state index contributed by atoms with van der Waals surface area (Å²) in [7, 11) is 0. The monoisotopic (exact) mass is 435 g/mol. The van der Waals surface area contributed by atoms with Crippen molar-refractivity contribution in [3.05, 3.63) is 36.4 Å². The van der Waals surface area contributed by atoms with Gasteiger partial charge in [-0.1, -0.05) is 19.3 Å². The van der Waals surface area contributed by atoms with E-state index in [9.17, 15) is 13.2 Å². The Labute approximate surface area is 172 Å². The van der Waals surface area contributed by atoms with Crippen molar-refractivity contribution >= 4 is 17.4 Å². The van der Waals surface area contributed by atoms with Gasteiger partial charge in [0.25, 0.3) is 5.82 Å². The number of rotatable bonds is 4. The minimum absolute atomic E-state index is 0.0247. The van der Waals surface area contributed by atoms with Gasteiger partial charge in [-0.25, -0.2) is 0 Å². The van der Waals surface area contributed by atoms with Crippen molar-refractivity contribution in [1.82, 2.24) is 34.6 Å². The van der Waals surface area contributed by atoms with Crippen molar-refractivity contribution < 1.29 is 17.6 Å². The lowest BCUT2D eigenvalue weighted by Crippen LogP contribution is -2.15. The summed E-state index contributed by atoms with van der Waals surface area (Å²) in [6.07, 6.45) is 2.27. The predicted molar refractivity (Wildman–Crippen MR) is 99.8 cm³/mol. The lowest BCUT2D eigenvalue weighted by Gasteiger charge is -2.25. The average molecular weight is 435 g/mol. The van der Waals surface area contributed by atoms with Crippen LogP contribution in [0.15, 0.2) is 45.1 Å². The van der Waals surface area contributed by atoms with Gasteiger partial charge < -0.3 is 4.42 Å². The first-order chi connectivity index (χ1) is 14.5. The Hall–Kier alpha value is -2.89. The maximum Gasteiger partial charge on any atom is 0.453 e. The van der Waals surface area contributed by atoms with Gasteiger partial charge in [0.15, 0.2) is 16.6 Å². The highest BCUT2D eigenvalue weighted by atomic mass is 32.2. The highest BCUT2D eigenvalue weighted by Gasteiger charge is 2.37. The zero-order valence-electron chi connectivity index (χ0n) is 15.6. The van der Waals surface area contributed by atoms with Gasteiger partial charge >= 0.3 is 6.18 Å². The largest absolute Gasteiger partial charge is 0.461 e. The maximum atomic E-state index is 13.2. The number of furan rings is 1. The van der Waals surface area contributed by atoms with E-state index >= 15 is 0 Å². The van der Waals surface area contributed by atoms with Crippen LogP contribution in [0.25, 0.3) is 17.2 Å². The number of halogens is 3. The van der Waals surface area contributed by atoms with Crippen molar-refractivity contribution in [2.24, 2.45) is 0 Å². The minimum atomic E-state index is -4.65. The molecule has 12 heteroatoms. The third-order valence-electron chi connectivity index (χ3n) is 5.03. The van der Waals surface area contributed by atoms with Crippen LogP contribution in [0, 0.1) is 0 Å². The molecule has 0 amide bonds. The molecular weight excluding hydrogens is 419 g/mol. The summed E-state index contributed by atoms with van der Waals surface area (Å²) in [5.74, 6) is 0.0437. The van der Waals surface area contributed by atoms with Gasteiger partial charge in [0.05, 0.1) is 6.26 Å². The van der Waals surface area contributed by atoms with Crippen molar-refractivity contribution in [2.75, 3.05) is 0 Å². The number of fused-ring (bicyclic) bond motifs is 1. The molecule has 1 aliphatic carbocycles. The van der Waals surface area contributed by atoms with E-state index in [0.29, 0.717) is 26.3 Å². The van der Waals surface area contributed by atoms with Crippen LogP contribution < -0.4 is 0 Å². The molecule has 30 heavy (non-hydrogen) atoms. The SMILES string of the molecule is FC(F)(F)c1nnc2ccc(Sc3nnc(-c4ccco4)n3C3CCCCC3)nn12. The van der Waals surface area contributed by atoms with Gasteiger partial charge in [0.1, 0.15) is 5.03 Å². The molecule has 0 saturated heterocycles. The quantitative estimate of drug-likeness (QED) is 0.461. The Balaban J connectivity index is 1.54. The lowest BCUT2D eigenvalue weighted by atomic mass is 9.95. The molecule has 1 saturated carbocycles. The molecular formula is C18H16F3N7OS. The molecule has 0 radical (unpaired) electrons. The van der Waals surface area contributed by atoms with Gasteiger partial charge in [0.2, 0.25) is 5.82 Å². The van der Waals surface area contributed by atoms with Crippen LogP contribution in [-0.2, 0) is 6.18 Å². The van der Waals surface area contributed by atoms with E-state index in [1.807, 2.05) is 10.6 Å². The standard InChI is InChI=1S/C18H16F3N7OS/c19-18(20,21)16-24-22-13-8-9-14(26-28(13)16)30-17-25-23-15(12-7-4-10-29-12)27(17)11-5-2-1-3-6-11/h4,7-11H,1-3,5-6H2. The van der Waals surface area contributed by atoms with Crippen LogP contribution >= 0.6 is 11.8 Å². The summed E-state index contributed by atoms with van der Waals surface area (Å²) in [5.41, 5.74) is 0.0247. The molecule has 5 rings (SSSR count). The molecule has 0 N–H and O–H groups in total. The Morgan fingerprint density at radius 1 is 1.00 bits per heavy atom. The lowest BCUT2D eigenvalue weighted by molar-refractivity contribution is -0.146. The Morgan fingerprint density at radius 2 is 1.83 bits per heavy atom. The van der Waals surface area contributed by atoms with E-state index in [2.05, 4.69) is 25.5 Å². The zero-order valence-corrected chi connectivity index (χ0v) is 16.4. The minimum Gasteiger partial charge on any atom is -0.461 e. The third kappa shape index (κ3) is 3.44. The predicted octanol–water partition coefficient (Wildman–Crippen LogP) is 4.65. The molecule has 156 valence electrons. The number of hydrogen-bond acceptors (Lipinski definition) is 7. The first kappa shape index (κ1) is 19.1. The first-order valence-electron chi connectivity index (χ1n) is 9.47. The average Bonchev–Trinajstić information content (AvgIpc) is 3.47. The second-order valence-electron chi connectivity index (χ2n) is 7.01. The number of alkyl halides is 3. The molecule has 8 nitrogen and oxygen atoms in total. The van der Waals surface area contributed by atoms with Gasteiger partial charge in [-0.3, -0.25) is 4.57 Å². The van der Waals surface area contributed by atoms with E-state index in [0.717, 1.165) is 37.4 Å². The summed E-state index contributed by atoms with van der Waals surface area (Å²) in [6, 6.07) is 6.84. The van der Waals surface area contributed by atoms with Crippen molar-refractivity contribution in [3.8, 4) is 11.6 Å². The highest BCUT2D eigenvalue weighted by Crippen LogP contribution is 2.37. The van der Waals surface area contributed by atoms with Crippen LogP contribution in [0.4, 0.5) is 13.2 Å². The number of aromatic nitrogens is 7. The fraction of sp³-hybridized carbons (Fsp3) is 0.389. The van der Waals surface area contributed by atoms with Gasteiger partial charge in [-0.2, -0.15) is 22.8 Å². The molecule has 1 aliphatic rings. The molecule has 0 aliphatic heterocycles. The van der Waals surface area contributed by atoms with Crippen LogP contribution in [0.3, 0.4) is 0 Å². The highest BCUT2D eigenvalue weighted by molar-refractivity contribution is 7.99. The van der Waals surface area contributed by atoms with Crippen LogP contribution in [0.1, 0.15) is 44.0 Å². The Morgan fingerprint density at radius 3 is 2.57 bits per heavy atom.